The van der Waals surface area contributed by atoms with E-state index in [0.29, 0.717) is 6.61 Å². The van der Waals surface area contributed by atoms with Crippen molar-refractivity contribution in [3.05, 3.63) is 0 Å². The van der Waals surface area contributed by atoms with Crippen LogP contribution in [0.2, 0.25) is 0 Å². The monoisotopic (exact) mass is 324 g/mol. The van der Waals surface area contributed by atoms with Crippen LogP contribution in [0.4, 0.5) is 0 Å². The zero-order valence-electron chi connectivity index (χ0n) is 14.6. The van der Waals surface area contributed by atoms with E-state index in [1.54, 1.807) is 6.92 Å². The molecule has 7 nitrogen and oxygen atoms in total. The molecular formula is C15H32O7. The lowest BCUT2D eigenvalue weighted by Gasteiger charge is -2.09. The van der Waals surface area contributed by atoms with Crippen LogP contribution in [-0.4, -0.2) is 60.8 Å². The maximum absolute atomic E-state index is 10.4. The van der Waals surface area contributed by atoms with Crippen molar-refractivity contribution in [2.24, 2.45) is 0 Å². The summed E-state index contributed by atoms with van der Waals surface area (Å²) in [5, 5.41) is 16.0. The van der Waals surface area contributed by atoms with E-state index in [-0.39, 0.29) is 25.1 Å². The van der Waals surface area contributed by atoms with Crippen LogP contribution in [0.1, 0.15) is 48.0 Å². The lowest BCUT2D eigenvalue weighted by molar-refractivity contribution is -0.145. The topological polar surface area (TPSA) is 102 Å². The van der Waals surface area contributed by atoms with E-state index in [0.717, 1.165) is 13.2 Å². The Labute approximate surface area is 133 Å². The molecule has 2 N–H and O–H groups in total. The Balaban J connectivity index is -0.000000257. The van der Waals surface area contributed by atoms with E-state index in [1.807, 2.05) is 20.8 Å². The molecule has 0 amide bonds. The van der Waals surface area contributed by atoms with E-state index in [9.17, 15) is 9.59 Å². The Hall–Kier alpha value is -1.02. The van der Waals surface area contributed by atoms with Gasteiger partial charge in [0.15, 0.2) is 6.29 Å². The summed E-state index contributed by atoms with van der Waals surface area (Å²) in [5.74, 6) is -0.599. The number of aliphatic hydroxyl groups is 2. The summed E-state index contributed by atoms with van der Waals surface area (Å²) in [5.41, 5.74) is 0. The van der Waals surface area contributed by atoms with Gasteiger partial charge in [-0.15, -0.1) is 0 Å². The van der Waals surface area contributed by atoms with Crippen LogP contribution in [0.5, 0.6) is 0 Å². The lowest BCUT2D eigenvalue weighted by atomic mass is 10.3. The zero-order valence-corrected chi connectivity index (χ0v) is 14.6. The molecule has 1 unspecified atom stereocenters. The van der Waals surface area contributed by atoms with Crippen LogP contribution in [0.25, 0.3) is 0 Å². The Morgan fingerprint density at radius 2 is 1.41 bits per heavy atom. The van der Waals surface area contributed by atoms with Crippen molar-refractivity contribution in [2.75, 3.05) is 26.4 Å². The molecule has 0 saturated carbocycles. The molecule has 0 fully saturated rings. The quantitative estimate of drug-likeness (QED) is 0.394. The second kappa shape index (κ2) is 20.0. The molecule has 7 heteroatoms. The SMILES string of the molecule is CC(O)CO.CCOC(=O)CC(C)=O.CCOC(C)OCC. The minimum absolute atomic E-state index is 0.0370. The molecule has 0 saturated heterocycles. The highest BCUT2D eigenvalue weighted by molar-refractivity contribution is 5.94. The Morgan fingerprint density at radius 3 is 1.64 bits per heavy atom. The third-order valence-corrected chi connectivity index (χ3v) is 1.77. The summed E-state index contributed by atoms with van der Waals surface area (Å²) in [4.78, 5) is 20.6. The summed E-state index contributed by atoms with van der Waals surface area (Å²) in [6.45, 7) is 12.0. The van der Waals surface area contributed by atoms with Crippen LogP contribution in [0.3, 0.4) is 0 Å². The van der Waals surface area contributed by atoms with Crippen molar-refractivity contribution in [3.63, 3.8) is 0 Å². The lowest BCUT2D eigenvalue weighted by Crippen LogP contribution is -2.11. The van der Waals surface area contributed by atoms with Crippen LogP contribution in [0, 0.1) is 0 Å². The van der Waals surface area contributed by atoms with Crippen LogP contribution < -0.4 is 0 Å². The number of esters is 1. The van der Waals surface area contributed by atoms with Gasteiger partial charge in [0.25, 0.3) is 0 Å². The molecule has 22 heavy (non-hydrogen) atoms. The van der Waals surface area contributed by atoms with Gasteiger partial charge in [0.05, 0.1) is 19.3 Å². The van der Waals surface area contributed by atoms with E-state index in [1.165, 1.54) is 13.8 Å². The fourth-order valence-corrected chi connectivity index (χ4v) is 0.933. The average molecular weight is 324 g/mol. The molecule has 0 aliphatic heterocycles. The van der Waals surface area contributed by atoms with Gasteiger partial charge in [-0.05, 0) is 41.5 Å². The van der Waals surface area contributed by atoms with Crippen LogP contribution >= 0.6 is 0 Å². The molecule has 0 radical (unpaired) electrons. The van der Waals surface area contributed by atoms with Crippen molar-refractivity contribution in [2.45, 2.75) is 60.4 Å². The maximum atomic E-state index is 10.4. The van der Waals surface area contributed by atoms with Gasteiger partial charge >= 0.3 is 5.97 Å². The molecule has 134 valence electrons. The molecule has 0 aliphatic carbocycles. The van der Waals surface area contributed by atoms with Gasteiger partial charge in [-0.3, -0.25) is 9.59 Å². The largest absolute Gasteiger partial charge is 0.466 e. The predicted molar refractivity (Wildman–Crippen MR) is 83.4 cm³/mol. The standard InChI is InChI=1S/C6H10O3.C6H14O2.C3H8O2/c1-3-9-6(8)4-5(2)7;1-4-7-6(3)8-5-2;1-3(5)2-4/h3-4H2,1-2H3;6H,4-5H2,1-3H3;3-5H,2H2,1H3. The number of aliphatic hydroxyl groups excluding tert-OH is 2. The number of Topliss-reactive ketones (excluding diaryl/α,β-unsaturated/α-hetero) is 1. The number of ether oxygens (including phenoxy) is 3. The molecule has 0 aromatic carbocycles. The third-order valence-electron chi connectivity index (χ3n) is 1.77. The van der Waals surface area contributed by atoms with Crippen molar-refractivity contribution in [3.8, 4) is 0 Å². The zero-order chi connectivity index (χ0) is 18.0. The highest BCUT2D eigenvalue weighted by Gasteiger charge is 2.03. The number of hydrogen-bond donors (Lipinski definition) is 2. The van der Waals surface area contributed by atoms with Crippen LogP contribution in [-0.2, 0) is 23.8 Å². The molecule has 0 heterocycles. The number of carbonyl (C=O) groups excluding carboxylic acids is 2. The average Bonchev–Trinajstić information content (AvgIpc) is 2.40. The van der Waals surface area contributed by atoms with Gasteiger partial charge in [-0.1, -0.05) is 0 Å². The first-order chi connectivity index (χ1) is 10.2. The summed E-state index contributed by atoms with van der Waals surface area (Å²) >= 11 is 0. The molecule has 0 rings (SSSR count). The Morgan fingerprint density at radius 1 is 1.00 bits per heavy atom. The van der Waals surface area contributed by atoms with Crippen molar-refractivity contribution in [1.29, 1.82) is 0 Å². The summed E-state index contributed by atoms with van der Waals surface area (Å²) in [6, 6.07) is 0. The molecule has 0 aromatic heterocycles. The summed E-state index contributed by atoms with van der Waals surface area (Å²) < 4.78 is 14.6. The molecule has 0 aromatic rings. The highest BCUT2D eigenvalue weighted by atomic mass is 16.7. The minimum Gasteiger partial charge on any atom is -0.466 e. The number of rotatable bonds is 8. The summed E-state index contributed by atoms with van der Waals surface area (Å²) in [6.07, 6.45) is -0.701. The summed E-state index contributed by atoms with van der Waals surface area (Å²) in [7, 11) is 0. The molecule has 1 atom stereocenters. The predicted octanol–water partition coefficient (Wildman–Crippen LogP) is 1.29. The number of carbonyl (C=O) groups is 2. The number of ketones is 1. The van der Waals surface area contributed by atoms with Crippen molar-refractivity contribution < 1.29 is 34.0 Å². The van der Waals surface area contributed by atoms with Gasteiger partial charge in [0.2, 0.25) is 0 Å². The van der Waals surface area contributed by atoms with Gasteiger partial charge < -0.3 is 24.4 Å². The molecule has 0 spiro atoms. The minimum atomic E-state index is -0.560. The van der Waals surface area contributed by atoms with Gasteiger partial charge in [-0.25, -0.2) is 0 Å². The normalized spacial score (nSPS) is 10.8. The van der Waals surface area contributed by atoms with Crippen molar-refractivity contribution in [1.82, 2.24) is 0 Å². The number of hydrogen-bond acceptors (Lipinski definition) is 7. The molecule has 0 bridgehead atoms. The first-order valence-electron chi connectivity index (χ1n) is 7.42. The fraction of sp³-hybridized carbons (Fsp3) is 0.867. The highest BCUT2D eigenvalue weighted by Crippen LogP contribution is 1.90. The Kier molecular flexibility index (Phi) is 23.5. The van der Waals surface area contributed by atoms with E-state index < -0.39 is 12.1 Å². The van der Waals surface area contributed by atoms with Crippen molar-refractivity contribution >= 4 is 11.8 Å². The Bertz CT molecular complexity index is 248. The first kappa shape index (κ1) is 25.9. The van der Waals surface area contributed by atoms with E-state index in [2.05, 4.69) is 4.74 Å². The van der Waals surface area contributed by atoms with E-state index >= 15 is 0 Å². The van der Waals surface area contributed by atoms with Gasteiger partial charge in [-0.2, -0.15) is 0 Å². The van der Waals surface area contributed by atoms with Gasteiger partial charge in [0.1, 0.15) is 12.2 Å². The fourth-order valence-electron chi connectivity index (χ4n) is 0.933. The molecular weight excluding hydrogens is 292 g/mol. The second-order valence-corrected chi connectivity index (χ2v) is 4.19. The van der Waals surface area contributed by atoms with Gasteiger partial charge in [0, 0.05) is 13.2 Å². The van der Waals surface area contributed by atoms with Crippen LogP contribution in [0.15, 0.2) is 0 Å². The smallest absolute Gasteiger partial charge is 0.313 e. The van der Waals surface area contributed by atoms with E-state index in [4.69, 9.17) is 19.7 Å². The third kappa shape index (κ3) is 31.4. The first-order valence-corrected chi connectivity index (χ1v) is 7.42. The maximum Gasteiger partial charge on any atom is 0.313 e. The molecule has 0 aliphatic rings. The second-order valence-electron chi connectivity index (χ2n) is 4.19.